The van der Waals surface area contributed by atoms with Gasteiger partial charge in [0.1, 0.15) is 9.84 Å². The van der Waals surface area contributed by atoms with Gasteiger partial charge in [-0.25, -0.2) is 8.42 Å². The predicted molar refractivity (Wildman–Crippen MR) is 58.3 cm³/mol. The van der Waals surface area contributed by atoms with Crippen LogP contribution in [0.25, 0.3) is 0 Å². The lowest BCUT2D eigenvalue weighted by Crippen LogP contribution is -2.36. The first kappa shape index (κ1) is 12.4. The standard InChI is InChI=1S/C9H18N2O3S/c1-15(13,14)5-4-11-9(12)7-10-6-8-2-3-8/h8,10H,2-7H2,1H3,(H,11,12). The van der Waals surface area contributed by atoms with Crippen LogP contribution in [-0.4, -0.2) is 46.0 Å². The molecule has 15 heavy (non-hydrogen) atoms. The Labute approximate surface area is 90.5 Å². The van der Waals surface area contributed by atoms with Gasteiger partial charge in [-0.2, -0.15) is 0 Å². The first-order valence-corrected chi connectivity index (χ1v) is 7.18. The van der Waals surface area contributed by atoms with Crippen molar-refractivity contribution >= 4 is 15.7 Å². The third-order valence-electron chi connectivity index (χ3n) is 2.21. The highest BCUT2D eigenvalue weighted by Gasteiger charge is 2.20. The summed E-state index contributed by atoms with van der Waals surface area (Å²) in [6.45, 7) is 1.36. The van der Waals surface area contributed by atoms with Gasteiger partial charge >= 0.3 is 0 Å². The number of carbonyl (C=O) groups is 1. The van der Waals surface area contributed by atoms with E-state index < -0.39 is 9.84 Å². The summed E-state index contributed by atoms with van der Waals surface area (Å²) in [4.78, 5) is 11.2. The van der Waals surface area contributed by atoms with Gasteiger partial charge in [-0.1, -0.05) is 0 Å². The predicted octanol–water partition coefficient (Wildman–Crippen LogP) is -0.853. The molecule has 5 nitrogen and oxygen atoms in total. The van der Waals surface area contributed by atoms with Gasteiger partial charge in [0.25, 0.3) is 0 Å². The van der Waals surface area contributed by atoms with Crippen LogP contribution in [0.5, 0.6) is 0 Å². The van der Waals surface area contributed by atoms with Gasteiger partial charge in [-0.3, -0.25) is 4.79 Å². The highest BCUT2D eigenvalue weighted by atomic mass is 32.2. The molecule has 0 aromatic carbocycles. The second-order valence-corrected chi connectivity index (χ2v) is 6.31. The van der Waals surface area contributed by atoms with Gasteiger partial charge in [-0.05, 0) is 25.3 Å². The quantitative estimate of drug-likeness (QED) is 0.601. The number of nitrogens with one attached hydrogen (secondary N) is 2. The van der Waals surface area contributed by atoms with Gasteiger partial charge in [0.2, 0.25) is 5.91 Å². The highest BCUT2D eigenvalue weighted by Crippen LogP contribution is 2.27. The molecule has 0 spiro atoms. The maximum Gasteiger partial charge on any atom is 0.233 e. The van der Waals surface area contributed by atoms with E-state index in [4.69, 9.17) is 0 Å². The van der Waals surface area contributed by atoms with E-state index in [0.29, 0.717) is 0 Å². The Morgan fingerprint density at radius 2 is 2.07 bits per heavy atom. The Morgan fingerprint density at radius 3 is 2.60 bits per heavy atom. The van der Waals surface area contributed by atoms with Gasteiger partial charge in [-0.15, -0.1) is 0 Å². The van der Waals surface area contributed by atoms with Crippen LogP contribution in [-0.2, 0) is 14.6 Å². The lowest BCUT2D eigenvalue weighted by molar-refractivity contribution is -0.120. The van der Waals surface area contributed by atoms with Crippen molar-refractivity contribution in [2.24, 2.45) is 5.92 Å². The summed E-state index contributed by atoms with van der Waals surface area (Å²) in [5, 5.41) is 5.59. The Hall–Kier alpha value is -0.620. The largest absolute Gasteiger partial charge is 0.354 e. The average Bonchev–Trinajstić information content (AvgIpc) is 2.85. The van der Waals surface area contributed by atoms with E-state index in [1.165, 1.54) is 12.8 Å². The van der Waals surface area contributed by atoms with Crippen molar-refractivity contribution in [3.05, 3.63) is 0 Å². The first-order valence-electron chi connectivity index (χ1n) is 5.12. The minimum absolute atomic E-state index is 0.00135. The fourth-order valence-corrected chi connectivity index (χ4v) is 1.62. The molecule has 0 bridgehead atoms. The third kappa shape index (κ3) is 7.33. The number of rotatable bonds is 7. The molecule has 0 saturated heterocycles. The molecule has 6 heteroatoms. The topological polar surface area (TPSA) is 75.3 Å². The maximum atomic E-state index is 11.2. The molecule has 0 aromatic rings. The molecule has 0 radical (unpaired) electrons. The molecule has 88 valence electrons. The van der Waals surface area contributed by atoms with Gasteiger partial charge < -0.3 is 10.6 Å². The van der Waals surface area contributed by atoms with E-state index in [-0.39, 0.29) is 24.7 Å². The molecular weight excluding hydrogens is 216 g/mol. The molecule has 1 aliphatic carbocycles. The molecule has 0 unspecified atom stereocenters. The molecule has 1 amide bonds. The van der Waals surface area contributed by atoms with Crippen molar-refractivity contribution in [1.29, 1.82) is 0 Å². The summed E-state index contributed by atoms with van der Waals surface area (Å²) in [6, 6.07) is 0. The lowest BCUT2D eigenvalue weighted by atomic mass is 10.4. The summed E-state index contributed by atoms with van der Waals surface area (Å²) in [5.41, 5.74) is 0. The molecule has 0 aromatic heterocycles. The van der Waals surface area contributed by atoms with Crippen LogP contribution in [0.2, 0.25) is 0 Å². The van der Waals surface area contributed by atoms with Crippen LogP contribution in [0, 0.1) is 5.92 Å². The number of sulfone groups is 1. The summed E-state index contributed by atoms with van der Waals surface area (Å²) in [7, 11) is -2.98. The van der Waals surface area contributed by atoms with Crippen LogP contribution in [0.15, 0.2) is 0 Å². The van der Waals surface area contributed by atoms with Crippen LogP contribution >= 0.6 is 0 Å². The van der Waals surface area contributed by atoms with Crippen LogP contribution in [0.3, 0.4) is 0 Å². The zero-order valence-corrected chi connectivity index (χ0v) is 9.77. The fourth-order valence-electron chi connectivity index (χ4n) is 1.15. The van der Waals surface area contributed by atoms with Gasteiger partial charge in [0.05, 0.1) is 12.3 Å². The Bertz CT molecular complexity index is 309. The number of hydrogen-bond acceptors (Lipinski definition) is 4. The molecule has 1 saturated carbocycles. The number of amides is 1. The minimum atomic E-state index is -2.98. The summed E-state index contributed by atoms with van der Waals surface area (Å²) in [6.07, 6.45) is 3.66. The van der Waals surface area contributed by atoms with E-state index in [0.717, 1.165) is 18.7 Å². The van der Waals surface area contributed by atoms with Gasteiger partial charge in [0, 0.05) is 12.8 Å². The summed E-state index contributed by atoms with van der Waals surface area (Å²) >= 11 is 0. The Kier molecular flexibility index (Phi) is 4.53. The van der Waals surface area contributed by atoms with E-state index >= 15 is 0 Å². The normalized spacial score (nSPS) is 16.3. The van der Waals surface area contributed by atoms with Crippen LogP contribution in [0.4, 0.5) is 0 Å². The monoisotopic (exact) mass is 234 g/mol. The molecular formula is C9H18N2O3S. The molecule has 0 atom stereocenters. The zero-order valence-electron chi connectivity index (χ0n) is 8.95. The lowest BCUT2D eigenvalue weighted by Gasteiger charge is -2.05. The van der Waals surface area contributed by atoms with E-state index in [1.54, 1.807) is 0 Å². The zero-order chi connectivity index (χ0) is 11.3. The Morgan fingerprint density at radius 1 is 1.40 bits per heavy atom. The molecule has 1 fully saturated rings. The van der Waals surface area contributed by atoms with Crippen LogP contribution in [0.1, 0.15) is 12.8 Å². The van der Waals surface area contributed by atoms with Crippen molar-refractivity contribution in [2.45, 2.75) is 12.8 Å². The van der Waals surface area contributed by atoms with Crippen LogP contribution < -0.4 is 10.6 Å². The second kappa shape index (κ2) is 5.46. The van der Waals surface area contributed by atoms with Crippen molar-refractivity contribution < 1.29 is 13.2 Å². The molecule has 0 aliphatic heterocycles. The van der Waals surface area contributed by atoms with Crippen molar-refractivity contribution in [3.63, 3.8) is 0 Å². The minimum Gasteiger partial charge on any atom is -0.354 e. The molecule has 2 N–H and O–H groups in total. The van der Waals surface area contributed by atoms with E-state index in [1.807, 2.05) is 0 Å². The average molecular weight is 234 g/mol. The van der Waals surface area contributed by atoms with Gasteiger partial charge in [0.15, 0.2) is 0 Å². The molecule has 1 rings (SSSR count). The van der Waals surface area contributed by atoms with Crippen molar-refractivity contribution in [3.8, 4) is 0 Å². The van der Waals surface area contributed by atoms with Crippen molar-refractivity contribution in [2.75, 3.05) is 31.6 Å². The highest BCUT2D eigenvalue weighted by molar-refractivity contribution is 7.90. The number of carbonyl (C=O) groups excluding carboxylic acids is 1. The van der Waals surface area contributed by atoms with Crippen molar-refractivity contribution in [1.82, 2.24) is 10.6 Å². The van der Waals surface area contributed by atoms with E-state index in [2.05, 4.69) is 10.6 Å². The fraction of sp³-hybridized carbons (Fsp3) is 0.889. The Balaban J connectivity index is 1.97. The smallest absolute Gasteiger partial charge is 0.233 e. The molecule has 0 heterocycles. The molecule has 1 aliphatic rings. The third-order valence-corrected chi connectivity index (χ3v) is 3.16. The number of hydrogen-bond donors (Lipinski definition) is 2. The second-order valence-electron chi connectivity index (χ2n) is 4.05. The maximum absolute atomic E-state index is 11.2. The summed E-state index contributed by atoms with van der Waals surface area (Å²) < 4.78 is 21.5. The van der Waals surface area contributed by atoms with E-state index in [9.17, 15) is 13.2 Å². The SMILES string of the molecule is CS(=O)(=O)CCNC(=O)CNCC1CC1. The summed E-state index contributed by atoms with van der Waals surface area (Å²) in [5.74, 6) is 0.606. The first-order chi connectivity index (χ1) is 6.97.